The van der Waals surface area contributed by atoms with E-state index >= 15 is 0 Å². The second kappa shape index (κ2) is 6.95. The average molecular weight is 320 g/mol. The van der Waals surface area contributed by atoms with Gasteiger partial charge in [-0.05, 0) is 35.9 Å². The molecule has 1 amide bonds. The van der Waals surface area contributed by atoms with Crippen molar-refractivity contribution in [1.29, 1.82) is 0 Å². The molecule has 0 aliphatic carbocycles. The standard InChI is InChI=1S/C16H14ClNO4/c1-22-14-7-6-12(8-13(14)17)15(19)18-9-10-2-4-11(5-3-10)16(20)21/h2-8H,9H2,1H3,(H,18,19)(H,20,21). The number of amides is 1. The molecule has 0 saturated heterocycles. The largest absolute Gasteiger partial charge is 0.495 e. The van der Waals surface area contributed by atoms with Crippen molar-refractivity contribution >= 4 is 23.5 Å². The van der Waals surface area contributed by atoms with Crippen LogP contribution in [0.2, 0.25) is 5.02 Å². The number of carboxylic acid groups (broad SMARTS) is 1. The lowest BCUT2D eigenvalue weighted by molar-refractivity contribution is 0.0696. The van der Waals surface area contributed by atoms with E-state index in [0.717, 1.165) is 5.56 Å². The van der Waals surface area contributed by atoms with Gasteiger partial charge in [0, 0.05) is 12.1 Å². The van der Waals surface area contributed by atoms with Crippen LogP contribution in [0.5, 0.6) is 5.75 Å². The van der Waals surface area contributed by atoms with E-state index in [2.05, 4.69) is 5.32 Å². The number of carbonyl (C=O) groups is 2. The molecule has 0 saturated carbocycles. The highest BCUT2D eigenvalue weighted by Crippen LogP contribution is 2.24. The second-order valence-electron chi connectivity index (χ2n) is 4.53. The van der Waals surface area contributed by atoms with Crippen LogP contribution < -0.4 is 10.1 Å². The summed E-state index contributed by atoms with van der Waals surface area (Å²) in [4.78, 5) is 22.8. The zero-order valence-corrected chi connectivity index (χ0v) is 12.6. The van der Waals surface area contributed by atoms with Crippen LogP contribution in [0.25, 0.3) is 0 Å². The summed E-state index contributed by atoms with van der Waals surface area (Å²) < 4.78 is 5.03. The van der Waals surface area contributed by atoms with Gasteiger partial charge in [-0.2, -0.15) is 0 Å². The fraction of sp³-hybridized carbons (Fsp3) is 0.125. The Morgan fingerprint density at radius 1 is 1.14 bits per heavy atom. The van der Waals surface area contributed by atoms with E-state index in [1.165, 1.54) is 25.3 Å². The average Bonchev–Trinajstić information content (AvgIpc) is 2.52. The van der Waals surface area contributed by atoms with Crippen LogP contribution in [-0.4, -0.2) is 24.1 Å². The molecule has 114 valence electrons. The fourth-order valence-corrected chi connectivity index (χ4v) is 2.11. The Morgan fingerprint density at radius 2 is 1.77 bits per heavy atom. The van der Waals surface area contributed by atoms with Crippen molar-refractivity contribution in [3.8, 4) is 5.75 Å². The molecule has 0 heterocycles. The van der Waals surface area contributed by atoms with Crippen LogP contribution in [0.15, 0.2) is 42.5 Å². The Labute approximate surface area is 132 Å². The smallest absolute Gasteiger partial charge is 0.335 e. The second-order valence-corrected chi connectivity index (χ2v) is 4.94. The predicted molar refractivity (Wildman–Crippen MR) is 82.6 cm³/mol. The molecule has 6 heteroatoms. The van der Waals surface area contributed by atoms with Gasteiger partial charge >= 0.3 is 5.97 Å². The Kier molecular flexibility index (Phi) is 5.01. The van der Waals surface area contributed by atoms with E-state index in [9.17, 15) is 9.59 Å². The topological polar surface area (TPSA) is 75.6 Å². The maximum absolute atomic E-state index is 12.0. The van der Waals surface area contributed by atoms with Crippen LogP contribution in [-0.2, 0) is 6.54 Å². The first-order chi connectivity index (χ1) is 10.5. The zero-order chi connectivity index (χ0) is 16.1. The normalized spacial score (nSPS) is 10.1. The highest BCUT2D eigenvalue weighted by Gasteiger charge is 2.09. The Hall–Kier alpha value is -2.53. The van der Waals surface area contributed by atoms with Crippen molar-refractivity contribution in [1.82, 2.24) is 5.32 Å². The number of benzene rings is 2. The van der Waals surface area contributed by atoms with Crippen LogP contribution in [0, 0.1) is 0 Å². The zero-order valence-electron chi connectivity index (χ0n) is 11.8. The minimum Gasteiger partial charge on any atom is -0.495 e. The highest BCUT2D eigenvalue weighted by molar-refractivity contribution is 6.32. The van der Waals surface area contributed by atoms with Gasteiger partial charge < -0.3 is 15.2 Å². The minimum absolute atomic E-state index is 0.206. The number of halogens is 1. The molecule has 2 N–H and O–H groups in total. The summed E-state index contributed by atoms with van der Waals surface area (Å²) in [6, 6.07) is 11.1. The molecule has 0 aliphatic rings. The third-order valence-electron chi connectivity index (χ3n) is 3.07. The molecule has 0 aromatic heterocycles. The van der Waals surface area contributed by atoms with E-state index in [0.29, 0.717) is 22.9 Å². The van der Waals surface area contributed by atoms with Crippen LogP contribution in [0.3, 0.4) is 0 Å². The molecule has 2 rings (SSSR count). The quantitative estimate of drug-likeness (QED) is 0.888. The molecular weight excluding hydrogens is 306 g/mol. The molecule has 0 bridgehead atoms. The lowest BCUT2D eigenvalue weighted by Gasteiger charge is -2.08. The van der Waals surface area contributed by atoms with E-state index in [1.807, 2.05) is 0 Å². The molecule has 0 spiro atoms. The SMILES string of the molecule is COc1ccc(C(=O)NCc2ccc(C(=O)O)cc2)cc1Cl. The van der Waals surface area contributed by atoms with Crippen LogP contribution in [0.1, 0.15) is 26.3 Å². The lowest BCUT2D eigenvalue weighted by Crippen LogP contribution is -2.22. The van der Waals surface area contributed by atoms with Crippen molar-refractivity contribution in [2.45, 2.75) is 6.54 Å². The number of methoxy groups -OCH3 is 1. The Bertz CT molecular complexity index is 698. The van der Waals surface area contributed by atoms with Gasteiger partial charge in [0.2, 0.25) is 0 Å². The minimum atomic E-state index is -0.983. The van der Waals surface area contributed by atoms with Gasteiger partial charge in [-0.25, -0.2) is 4.79 Å². The van der Waals surface area contributed by atoms with Gasteiger partial charge in [-0.1, -0.05) is 23.7 Å². The maximum atomic E-state index is 12.0. The first-order valence-corrected chi connectivity index (χ1v) is 6.83. The third kappa shape index (κ3) is 3.77. The van der Waals surface area contributed by atoms with Crippen LogP contribution >= 0.6 is 11.6 Å². The maximum Gasteiger partial charge on any atom is 0.335 e. The van der Waals surface area contributed by atoms with Gasteiger partial charge in [0.15, 0.2) is 0 Å². The number of aromatic carboxylic acids is 1. The molecule has 22 heavy (non-hydrogen) atoms. The van der Waals surface area contributed by atoms with E-state index < -0.39 is 5.97 Å². The van der Waals surface area contributed by atoms with E-state index in [-0.39, 0.29) is 11.5 Å². The number of hydrogen-bond donors (Lipinski definition) is 2. The Balaban J connectivity index is 2.00. The van der Waals surface area contributed by atoms with E-state index in [1.54, 1.807) is 24.3 Å². The lowest BCUT2D eigenvalue weighted by atomic mass is 10.1. The Morgan fingerprint density at radius 3 is 2.32 bits per heavy atom. The molecule has 2 aromatic carbocycles. The van der Waals surface area contributed by atoms with E-state index in [4.69, 9.17) is 21.4 Å². The van der Waals surface area contributed by atoms with Gasteiger partial charge in [0.25, 0.3) is 5.91 Å². The van der Waals surface area contributed by atoms with Gasteiger partial charge in [-0.3, -0.25) is 4.79 Å². The van der Waals surface area contributed by atoms with Crippen molar-refractivity contribution < 1.29 is 19.4 Å². The summed E-state index contributed by atoms with van der Waals surface area (Å²) in [5.74, 6) is -0.752. The van der Waals surface area contributed by atoms with Gasteiger partial charge in [0.1, 0.15) is 5.75 Å². The fourth-order valence-electron chi connectivity index (χ4n) is 1.86. The first kappa shape index (κ1) is 15.9. The van der Waals surface area contributed by atoms with Gasteiger partial charge in [0.05, 0.1) is 17.7 Å². The highest BCUT2D eigenvalue weighted by atomic mass is 35.5. The monoisotopic (exact) mass is 319 g/mol. The molecule has 0 aliphatic heterocycles. The number of carbonyl (C=O) groups excluding carboxylic acids is 1. The summed E-state index contributed by atoms with van der Waals surface area (Å²) >= 11 is 5.98. The molecule has 0 atom stereocenters. The summed E-state index contributed by atoms with van der Waals surface area (Å²) in [5, 5.41) is 11.9. The van der Waals surface area contributed by atoms with Crippen molar-refractivity contribution in [3.05, 3.63) is 64.2 Å². The number of rotatable bonds is 5. The number of hydrogen-bond acceptors (Lipinski definition) is 3. The predicted octanol–water partition coefficient (Wildman–Crippen LogP) is 2.98. The molecule has 0 fully saturated rings. The van der Waals surface area contributed by atoms with Crippen molar-refractivity contribution in [3.63, 3.8) is 0 Å². The summed E-state index contributed by atoms with van der Waals surface area (Å²) in [6.45, 7) is 0.294. The molecule has 5 nitrogen and oxygen atoms in total. The first-order valence-electron chi connectivity index (χ1n) is 6.45. The number of ether oxygens (including phenoxy) is 1. The van der Waals surface area contributed by atoms with Crippen molar-refractivity contribution in [2.24, 2.45) is 0 Å². The number of nitrogens with one attached hydrogen (secondary N) is 1. The van der Waals surface area contributed by atoms with Crippen molar-refractivity contribution in [2.75, 3.05) is 7.11 Å². The summed E-state index contributed by atoms with van der Waals surface area (Å²) in [5.41, 5.74) is 1.43. The van der Waals surface area contributed by atoms with Gasteiger partial charge in [-0.15, -0.1) is 0 Å². The third-order valence-corrected chi connectivity index (χ3v) is 3.36. The summed E-state index contributed by atoms with van der Waals surface area (Å²) in [6.07, 6.45) is 0. The molecule has 0 unspecified atom stereocenters. The van der Waals surface area contributed by atoms with Crippen LogP contribution in [0.4, 0.5) is 0 Å². The number of carboxylic acids is 1. The molecular formula is C16H14ClNO4. The molecule has 0 radical (unpaired) electrons. The molecule has 2 aromatic rings. The summed E-state index contributed by atoms with van der Waals surface area (Å²) in [7, 11) is 1.50.